The fourth-order valence-corrected chi connectivity index (χ4v) is 12.9. The number of hydrogen-bond acceptors (Lipinski definition) is 2. The molecule has 2 aromatic heterocycles. The summed E-state index contributed by atoms with van der Waals surface area (Å²) in [5.74, 6) is 0. The second-order valence-electron chi connectivity index (χ2n) is 19.7. The van der Waals surface area contributed by atoms with Crippen LogP contribution in [0.2, 0.25) is 0 Å². The van der Waals surface area contributed by atoms with E-state index >= 15 is 0 Å². The van der Waals surface area contributed by atoms with Crippen LogP contribution >= 0.6 is 15.9 Å². The van der Waals surface area contributed by atoms with Crippen molar-refractivity contribution in [3.63, 3.8) is 0 Å². The number of benzene rings is 14. The first kappa shape index (κ1) is 44.1. The second kappa shape index (κ2) is 17.9. The van der Waals surface area contributed by atoms with E-state index < -0.39 is 0 Å². The molecule has 76 heavy (non-hydrogen) atoms. The standard InChI is InChI=1S/C49H29NO.C24H15Br/c1-2-14-31(15-3-1)48-42-28-27-40-34-18-10-11-24-44(34)51-49(40)47(42)41-26-25-32(29-43(41)50-48)45-36-19-6-8-21-38(36)46(39-22-9-7-20-37(39)45)35-23-12-16-30-13-4-5-17-33(30)35;25-24-21-13-5-3-11-19(21)23(20-12-4-6-14-22(20)24)18-15-7-9-16-8-1-2-10-17(16)18/h1-29H;1-15H. The molecule has 0 amide bonds. The molecule has 2 heterocycles. The van der Waals surface area contributed by atoms with Crippen LogP contribution in [0.25, 0.3) is 153 Å². The summed E-state index contributed by atoms with van der Waals surface area (Å²) in [7, 11) is 0. The number of aromatic nitrogens is 1. The van der Waals surface area contributed by atoms with Crippen LogP contribution in [0.5, 0.6) is 0 Å². The Kier molecular flexibility index (Phi) is 10.4. The lowest BCUT2D eigenvalue weighted by Gasteiger charge is -2.19. The van der Waals surface area contributed by atoms with Gasteiger partial charge in [0.1, 0.15) is 11.2 Å². The first-order valence-corrected chi connectivity index (χ1v) is 26.7. The van der Waals surface area contributed by atoms with E-state index in [1.165, 1.54) is 96.9 Å². The topological polar surface area (TPSA) is 26.0 Å². The van der Waals surface area contributed by atoms with Crippen molar-refractivity contribution in [1.82, 2.24) is 4.98 Å². The summed E-state index contributed by atoms with van der Waals surface area (Å²) in [4.78, 5) is 5.44. The number of nitrogens with zero attached hydrogens (tertiary/aromatic N) is 1. The average molecular weight is 1030 g/mol. The zero-order valence-corrected chi connectivity index (χ0v) is 42.7. The zero-order chi connectivity index (χ0) is 50.3. The number of pyridine rings is 1. The first-order valence-electron chi connectivity index (χ1n) is 25.9. The van der Waals surface area contributed by atoms with Crippen LogP contribution in [0.1, 0.15) is 0 Å². The molecule has 0 saturated carbocycles. The number of fused-ring (bicyclic) bond motifs is 13. The van der Waals surface area contributed by atoms with Crippen molar-refractivity contribution in [3.05, 3.63) is 271 Å². The molecule has 0 aliphatic carbocycles. The van der Waals surface area contributed by atoms with Gasteiger partial charge in [0.2, 0.25) is 0 Å². The van der Waals surface area contributed by atoms with Crippen molar-refractivity contribution >= 4 is 124 Å². The highest BCUT2D eigenvalue weighted by molar-refractivity contribution is 9.10. The minimum absolute atomic E-state index is 0.895. The van der Waals surface area contributed by atoms with E-state index in [4.69, 9.17) is 9.40 Å². The summed E-state index contributed by atoms with van der Waals surface area (Å²) in [6, 6.07) is 95.6. The predicted octanol–water partition coefficient (Wildman–Crippen LogP) is 21.3. The normalized spacial score (nSPS) is 11.8. The molecule has 14 aromatic carbocycles. The van der Waals surface area contributed by atoms with Gasteiger partial charge in [-0.2, -0.15) is 0 Å². The summed E-state index contributed by atoms with van der Waals surface area (Å²) in [6.45, 7) is 0. The van der Waals surface area contributed by atoms with Crippen LogP contribution in [-0.4, -0.2) is 4.98 Å². The van der Waals surface area contributed by atoms with Gasteiger partial charge in [0.05, 0.1) is 11.2 Å². The van der Waals surface area contributed by atoms with Crippen molar-refractivity contribution in [2.45, 2.75) is 0 Å². The molecule has 0 fully saturated rings. The van der Waals surface area contributed by atoms with Gasteiger partial charge in [-0.15, -0.1) is 0 Å². The predicted molar refractivity (Wildman–Crippen MR) is 327 cm³/mol. The van der Waals surface area contributed by atoms with E-state index in [1.54, 1.807) is 0 Å². The van der Waals surface area contributed by atoms with Gasteiger partial charge in [-0.3, -0.25) is 0 Å². The third-order valence-corrected chi connectivity index (χ3v) is 16.4. The molecule has 16 aromatic rings. The molecule has 16 rings (SSSR count). The van der Waals surface area contributed by atoms with E-state index in [1.807, 2.05) is 6.07 Å². The number of furan rings is 1. The van der Waals surface area contributed by atoms with Gasteiger partial charge in [-0.1, -0.05) is 249 Å². The highest BCUT2D eigenvalue weighted by atomic mass is 79.9. The SMILES string of the molecule is Brc1c2ccccc2c(-c2cccc3ccccc23)c2ccccc12.c1ccc(-c2nc3cc(-c4c5ccccc5c(-c5cccc6ccccc56)c5ccccc45)ccc3c3c2ccc2c4ccccc4oc23)cc1. The van der Waals surface area contributed by atoms with Crippen LogP contribution in [0.15, 0.2) is 276 Å². The van der Waals surface area contributed by atoms with Crippen LogP contribution in [-0.2, 0) is 0 Å². The molecular formula is C73H44BrNO. The fraction of sp³-hybridized carbons (Fsp3) is 0. The van der Waals surface area contributed by atoms with Crippen molar-refractivity contribution in [1.29, 1.82) is 0 Å². The van der Waals surface area contributed by atoms with Gasteiger partial charge in [0.25, 0.3) is 0 Å². The summed E-state index contributed by atoms with van der Waals surface area (Å²) in [5, 5.41) is 20.6. The molecule has 2 nitrogen and oxygen atoms in total. The summed E-state index contributed by atoms with van der Waals surface area (Å²) < 4.78 is 7.82. The number of para-hydroxylation sites is 1. The van der Waals surface area contributed by atoms with Crippen molar-refractivity contribution in [3.8, 4) is 44.6 Å². The first-order chi connectivity index (χ1) is 37.7. The summed E-state index contributed by atoms with van der Waals surface area (Å²) in [5.41, 5.74) is 12.3. The average Bonchev–Trinajstić information content (AvgIpc) is 3.96. The highest BCUT2D eigenvalue weighted by Gasteiger charge is 2.22. The van der Waals surface area contributed by atoms with E-state index in [9.17, 15) is 0 Å². The van der Waals surface area contributed by atoms with E-state index in [-0.39, 0.29) is 0 Å². The van der Waals surface area contributed by atoms with Gasteiger partial charge < -0.3 is 4.42 Å². The Bertz CT molecular complexity index is 4890. The number of hydrogen-bond donors (Lipinski definition) is 0. The highest BCUT2D eigenvalue weighted by Crippen LogP contribution is 2.48. The molecule has 0 spiro atoms. The zero-order valence-electron chi connectivity index (χ0n) is 41.1. The molecule has 0 unspecified atom stereocenters. The lowest BCUT2D eigenvalue weighted by molar-refractivity contribution is 0.673. The Morgan fingerprint density at radius 2 is 0.711 bits per heavy atom. The van der Waals surface area contributed by atoms with Crippen LogP contribution in [0.3, 0.4) is 0 Å². The Hall–Kier alpha value is -9.41. The lowest BCUT2D eigenvalue weighted by atomic mass is 9.84. The molecule has 0 atom stereocenters. The van der Waals surface area contributed by atoms with E-state index in [0.29, 0.717) is 0 Å². The molecule has 0 bridgehead atoms. The van der Waals surface area contributed by atoms with E-state index in [2.05, 4.69) is 277 Å². The molecule has 0 N–H and O–H groups in total. The van der Waals surface area contributed by atoms with E-state index in [0.717, 1.165) is 60.4 Å². The third kappa shape index (κ3) is 6.97. The van der Waals surface area contributed by atoms with Crippen LogP contribution < -0.4 is 0 Å². The number of halogens is 1. The molecule has 0 aliphatic rings. The Morgan fingerprint density at radius 1 is 0.289 bits per heavy atom. The molecule has 0 radical (unpaired) electrons. The van der Waals surface area contributed by atoms with Gasteiger partial charge in [-0.05, 0) is 132 Å². The molecule has 0 saturated heterocycles. The quantitative estimate of drug-likeness (QED) is 0.130. The molecule has 354 valence electrons. The maximum atomic E-state index is 6.65. The maximum absolute atomic E-state index is 6.65. The Labute approximate surface area is 446 Å². The van der Waals surface area contributed by atoms with Gasteiger partial charge in [-0.25, -0.2) is 4.98 Å². The third-order valence-electron chi connectivity index (χ3n) is 15.6. The van der Waals surface area contributed by atoms with Crippen molar-refractivity contribution in [2.75, 3.05) is 0 Å². The summed E-state index contributed by atoms with van der Waals surface area (Å²) in [6.07, 6.45) is 0. The van der Waals surface area contributed by atoms with Crippen molar-refractivity contribution in [2.24, 2.45) is 0 Å². The minimum Gasteiger partial charge on any atom is -0.455 e. The van der Waals surface area contributed by atoms with Crippen LogP contribution in [0.4, 0.5) is 0 Å². The number of rotatable bonds is 4. The van der Waals surface area contributed by atoms with Crippen molar-refractivity contribution < 1.29 is 4.42 Å². The maximum Gasteiger partial charge on any atom is 0.144 e. The molecule has 0 aliphatic heterocycles. The van der Waals surface area contributed by atoms with Crippen LogP contribution in [0, 0.1) is 0 Å². The molecule has 3 heteroatoms. The second-order valence-corrected chi connectivity index (χ2v) is 20.5. The van der Waals surface area contributed by atoms with Gasteiger partial charge >= 0.3 is 0 Å². The minimum atomic E-state index is 0.895. The largest absolute Gasteiger partial charge is 0.455 e. The fourth-order valence-electron chi connectivity index (χ4n) is 12.2. The summed E-state index contributed by atoms with van der Waals surface area (Å²) >= 11 is 3.84. The smallest absolute Gasteiger partial charge is 0.144 e. The Morgan fingerprint density at radius 3 is 1.28 bits per heavy atom. The molecular weight excluding hydrogens is 987 g/mol. The Balaban J connectivity index is 0.000000169. The monoisotopic (exact) mass is 1030 g/mol. The van der Waals surface area contributed by atoms with Gasteiger partial charge in [0.15, 0.2) is 0 Å². The lowest BCUT2D eigenvalue weighted by Crippen LogP contribution is -1.93. The van der Waals surface area contributed by atoms with Gasteiger partial charge in [0, 0.05) is 37.0 Å².